The summed E-state index contributed by atoms with van der Waals surface area (Å²) < 4.78 is 31.2. The highest BCUT2D eigenvalue weighted by molar-refractivity contribution is 5.51. The van der Waals surface area contributed by atoms with E-state index in [1.165, 1.54) is 50.0 Å². The number of halogens is 1. The number of benzene rings is 3. The third kappa shape index (κ3) is 5.62. The minimum absolute atomic E-state index is 0.0767. The second-order valence-electron chi connectivity index (χ2n) is 9.52. The van der Waals surface area contributed by atoms with Crippen molar-refractivity contribution in [3.05, 3.63) is 89.2 Å². The van der Waals surface area contributed by atoms with Crippen molar-refractivity contribution in [1.29, 1.82) is 0 Å². The maximum atomic E-state index is 13.6. The maximum absolute atomic E-state index is 13.6. The average molecular weight is 476 g/mol. The predicted octanol–water partition coefficient (Wildman–Crippen LogP) is 6.40. The van der Waals surface area contributed by atoms with Crippen molar-refractivity contribution in [3.8, 4) is 17.2 Å². The van der Waals surface area contributed by atoms with Gasteiger partial charge in [-0.1, -0.05) is 36.8 Å². The lowest BCUT2D eigenvalue weighted by Crippen LogP contribution is -2.31. The van der Waals surface area contributed by atoms with Crippen LogP contribution in [0.1, 0.15) is 54.2 Å². The molecule has 3 aromatic carbocycles. The van der Waals surface area contributed by atoms with Crippen LogP contribution in [0.15, 0.2) is 66.7 Å². The van der Waals surface area contributed by atoms with E-state index in [1.54, 1.807) is 7.11 Å². The Morgan fingerprint density at radius 2 is 1.60 bits per heavy atom. The fraction of sp³-hybridized carbons (Fsp3) is 0.400. The van der Waals surface area contributed by atoms with E-state index in [1.807, 2.05) is 24.3 Å². The summed E-state index contributed by atoms with van der Waals surface area (Å²) in [7, 11) is 1.66. The summed E-state index contributed by atoms with van der Waals surface area (Å²) in [6, 6.07) is 21.2. The summed E-state index contributed by atoms with van der Waals surface area (Å²) in [4.78, 5) is 2.54. The minimum Gasteiger partial charge on any atom is -0.497 e. The van der Waals surface area contributed by atoms with E-state index in [-0.39, 0.29) is 17.7 Å². The number of piperidine rings is 1. The number of methoxy groups -OCH3 is 1. The molecule has 0 aromatic heterocycles. The monoisotopic (exact) mass is 475 g/mol. The Morgan fingerprint density at radius 1 is 0.886 bits per heavy atom. The van der Waals surface area contributed by atoms with Crippen molar-refractivity contribution in [2.24, 2.45) is 0 Å². The Labute approximate surface area is 207 Å². The summed E-state index contributed by atoms with van der Waals surface area (Å²) in [6.45, 7) is 4.81. The van der Waals surface area contributed by atoms with Gasteiger partial charge in [0.25, 0.3) is 0 Å². The van der Waals surface area contributed by atoms with Crippen molar-refractivity contribution in [1.82, 2.24) is 4.90 Å². The van der Waals surface area contributed by atoms with Gasteiger partial charge >= 0.3 is 0 Å². The molecule has 184 valence electrons. The van der Waals surface area contributed by atoms with E-state index in [0.29, 0.717) is 6.61 Å². The highest BCUT2D eigenvalue weighted by Crippen LogP contribution is 2.47. The first-order valence-corrected chi connectivity index (χ1v) is 12.7. The average Bonchev–Trinajstić information content (AvgIpc) is 2.91. The lowest BCUT2D eigenvalue weighted by molar-refractivity contribution is 0.205. The van der Waals surface area contributed by atoms with Gasteiger partial charge in [0.15, 0.2) is 0 Å². The van der Waals surface area contributed by atoms with Crippen molar-refractivity contribution in [2.45, 2.75) is 37.5 Å². The molecule has 0 radical (unpaired) electrons. The summed E-state index contributed by atoms with van der Waals surface area (Å²) >= 11 is 0. The Morgan fingerprint density at radius 3 is 2.34 bits per heavy atom. The SMILES string of the molecule is COc1ccc2c(c1)OC[C@@H](c1ccc(F)cc1)[C@H]2c1ccc(OCCCN2CCCCC2)cc1. The van der Waals surface area contributed by atoms with E-state index in [0.717, 1.165) is 47.9 Å². The van der Waals surface area contributed by atoms with Gasteiger partial charge in [-0.2, -0.15) is 0 Å². The Kier molecular flexibility index (Phi) is 7.53. The second-order valence-corrected chi connectivity index (χ2v) is 9.52. The summed E-state index contributed by atoms with van der Waals surface area (Å²) in [5.74, 6) is 2.44. The number of rotatable bonds is 8. The van der Waals surface area contributed by atoms with Gasteiger partial charge in [0.1, 0.15) is 23.1 Å². The van der Waals surface area contributed by atoms with E-state index >= 15 is 0 Å². The lowest BCUT2D eigenvalue weighted by atomic mass is 9.76. The fourth-order valence-corrected chi connectivity index (χ4v) is 5.36. The zero-order chi connectivity index (χ0) is 24.0. The molecule has 2 atom stereocenters. The largest absolute Gasteiger partial charge is 0.497 e. The summed E-state index contributed by atoms with van der Waals surface area (Å²) in [6.07, 6.45) is 5.06. The highest BCUT2D eigenvalue weighted by Gasteiger charge is 2.33. The molecule has 2 aliphatic rings. The van der Waals surface area contributed by atoms with Gasteiger partial charge in [-0.15, -0.1) is 0 Å². The van der Waals surface area contributed by atoms with Gasteiger partial charge in [-0.05, 0) is 73.8 Å². The number of fused-ring (bicyclic) bond motifs is 1. The molecule has 0 N–H and O–H groups in total. The standard InChI is InChI=1S/C30H34FNO3/c1-33-26-14-15-27-29(20-26)35-21-28(22-6-10-24(31)11-7-22)30(27)23-8-12-25(13-9-23)34-19-5-18-32-16-3-2-4-17-32/h6-15,20,28,30H,2-5,16-19,21H2,1H3/t28-,30-/m0/s1. The molecule has 3 aromatic rings. The topological polar surface area (TPSA) is 30.9 Å². The minimum atomic E-state index is -0.228. The van der Waals surface area contributed by atoms with Gasteiger partial charge in [0, 0.05) is 30.0 Å². The number of ether oxygens (including phenoxy) is 3. The molecule has 1 fully saturated rings. The Hall–Kier alpha value is -3.05. The van der Waals surface area contributed by atoms with Gasteiger partial charge in [0.05, 0.1) is 20.3 Å². The molecule has 4 nitrogen and oxygen atoms in total. The normalized spacial score (nSPS) is 20.1. The van der Waals surface area contributed by atoms with Gasteiger partial charge in [-0.25, -0.2) is 4.39 Å². The number of hydrogen-bond acceptors (Lipinski definition) is 4. The molecule has 0 unspecified atom stereocenters. The summed E-state index contributed by atoms with van der Waals surface area (Å²) in [5.41, 5.74) is 3.37. The van der Waals surface area contributed by atoms with E-state index in [2.05, 4.69) is 35.2 Å². The van der Waals surface area contributed by atoms with Crippen molar-refractivity contribution in [3.63, 3.8) is 0 Å². The van der Waals surface area contributed by atoms with Crippen molar-refractivity contribution in [2.75, 3.05) is 40.0 Å². The van der Waals surface area contributed by atoms with Crippen LogP contribution in [0, 0.1) is 5.82 Å². The van der Waals surface area contributed by atoms with Crippen LogP contribution in [0.5, 0.6) is 17.2 Å². The van der Waals surface area contributed by atoms with E-state index in [9.17, 15) is 4.39 Å². The van der Waals surface area contributed by atoms with Crippen molar-refractivity contribution >= 4 is 0 Å². The lowest BCUT2D eigenvalue weighted by Gasteiger charge is -2.34. The van der Waals surface area contributed by atoms with Gasteiger partial charge in [-0.3, -0.25) is 0 Å². The first-order chi connectivity index (χ1) is 17.2. The maximum Gasteiger partial charge on any atom is 0.126 e. The fourth-order valence-electron chi connectivity index (χ4n) is 5.36. The van der Waals surface area contributed by atoms with E-state index < -0.39 is 0 Å². The number of hydrogen-bond donors (Lipinski definition) is 0. The highest BCUT2D eigenvalue weighted by atomic mass is 19.1. The van der Waals surface area contributed by atoms with Gasteiger partial charge < -0.3 is 19.1 Å². The molecule has 1 saturated heterocycles. The smallest absolute Gasteiger partial charge is 0.126 e. The molecule has 0 saturated carbocycles. The van der Waals surface area contributed by atoms with Gasteiger partial charge in [0.2, 0.25) is 0 Å². The molecule has 0 aliphatic carbocycles. The van der Waals surface area contributed by atoms with Crippen molar-refractivity contribution < 1.29 is 18.6 Å². The van der Waals surface area contributed by atoms with E-state index in [4.69, 9.17) is 14.2 Å². The first-order valence-electron chi connectivity index (χ1n) is 12.7. The quantitative estimate of drug-likeness (QED) is 0.353. The number of likely N-dealkylation sites (tertiary alicyclic amines) is 1. The van der Waals surface area contributed by atoms with Crippen LogP contribution in [-0.2, 0) is 0 Å². The molecule has 2 aliphatic heterocycles. The number of nitrogens with zero attached hydrogens (tertiary/aromatic N) is 1. The van der Waals surface area contributed by atoms with Crippen LogP contribution in [0.3, 0.4) is 0 Å². The predicted molar refractivity (Wildman–Crippen MR) is 136 cm³/mol. The molecule has 0 spiro atoms. The second kappa shape index (κ2) is 11.1. The van der Waals surface area contributed by atoms with Crippen LogP contribution in [0.25, 0.3) is 0 Å². The zero-order valence-corrected chi connectivity index (χ0v) is 20.4. The zero-order valence-electron chi connectivity index (χ0n) is 20.4. The third-order valence-corrected chi connectivity index (χ3v) is 7.25. The molecule has 5 heteroatoms. The van der Waals surface area contributed by atoms with Crippen LogP contribution >= 0.6 is 0 Å². The molecular weight excluding hydrogens is 441 g/mol. The molecule has 0 amide bonds. The molecule has 2 heterocycles. The van der Waals surface area contributed by atoms with Crippen LogP contribution in [-0.4, -0.2) is 44.9 Å². The molecular formula is C30H34FNO3. The molecule has 0 bridgehead atoms. The molecule has 5 rings (SSSR count). The Balaban J connectivity index is 1.32. The summed E-state index contributed by atoms with van der Waals surface area (Å²) in [5, 5.41) is 0. The third-order valence-electron chi connectivity index (χ3n) is 7.25. The Bertz CT molecular complexity index is 1090. The van der Waals surface area contributed by atoms with Crippen LogP contribution in [0.2, 0.25) is 0 Å². The van der Waals surface area contributed by atoms with Crippen LogP contribution in [0.4, 0.5) is 4.39 Å². The molecule has 35 heavy (non-hydrogen) atoms. The van der Waals surface area contributed by atoms with Crippen LogP contribution < -0.4 is 14.2 Å². The first kappa shape index (κ1) is 23.7.